The summed E-state index contributed by atoms with van der Waals surface area (Å²) >= 11 is 0. The van der Waals surface area contributed by atoms with Gasteiger partial charge in [0.25, 0.3) is 0 Å². The molecule has 1 aromatic heterocycles. The molecule has 0 radical (unpaired) electrons. The zero-order valence-electron chi connectivity index (χ0n) is 16.9. The van der Waals surface area contributed by atoms with Crippen LogP contribution in [0.4, 0.5) is 4.79 Å². The third kappa shape index (κ3) is 5.51. The van der Waals surface area contributed by atoms with Crippen molar-refractivity contribution in [1.29, 1.82) is 0 Å². The molecule has 0 saturated carbocycles. The number of carbonyl (C=O) groups is 1. The van der Waals surface area contributed by atoms with Crippen molar-refractivity contribution < 1.29 is 14.3 Å². The van der Waals surface area contributed by atoms with Crippen LogP contribution in [0.1, 0.15) is 22.5 Å². The van der Waals surface area contributed by atoms with Crippen LogP contribution in [0.15, 0.2) is 54.9 Å². The number of carbonyl (C=O) groups excluding carboxylic acids is 1. The van der Waals surface area contributed by atoms with E-state index in [1.165, 1.54) is 0 Å². The number of ether oxygens (including phenoxy) is 2. The van der Waals surface area contributed by atoms with Crippen molar-refractivity contribution in [3.05, 3.63) is 77.4 Å². The molecule has 0 spiro atoms. The first-order chi connectivity index (χ1) is 14.1. The highest BCUT2D eigenvalue weighted by molar-refractivity contribution is 5.74. The van der Waals surface area contributed by atoms with Crippen LogP contribution >= 0.6 is 0 Å². The lowest BCUT2D eigenvalue weighted by molar-refractivity contribution is 0.240. The van der Waals surface area contributed by atoms with Gasteiger partial charge in [-0.1, -0.05) is 24.3 Å². The summed E-state index contributed by atoms with van der Waals surface area (Å²) in [5.41, 5.74) is 3.08. The van der Waals surface area contributed by atoms with Crippen LogP contribution < -0.4 is 20.1 Å². The number of hydrogen-bond donors (Lipinski definition) is 2. The van der Waals surface area contributed by atoms with E-state index in [0.717, 1.165) is 29.1 Å². The van der Waals surface area contributed by atoms with Gasteiger partial charge in [-0.25, -0.2) is 9.78 Å². The highest BCUT2D eigenvalue weighted by Crippen LogP contribution is 2.24. The third-order valence-corrected chi connectivity index (χ3v) is 4.65. The van der Waals surface area contributed by atoms with Crippen molar-refractivity contribution in [1.82, 2.24) is 20.2 Å². The van der Waals surface area contributed by atoms with E-state index in [9.17, 15) is 4.79 Å². The Bertz CT molecular complexity index is 968. The van der Waals surface area contributed by atoms with Gasteiger partial charge >= 0.3 is 6.03 Å². The molecule has 0 saturated heterocycles. The standard InChI is InChI=1S/C22H26N4O3/c1-16-23-9-10-26(16)15-18-6-4-5-17(11-18)13-24-22(27)25-14-19-7-8-20(28-2)12-21(19)29-3/h4-12H,13-15H2,1-3H3,(H2,24,25,27). The molecule has 3 aromatic rings. The van der Waals surface area contributed by atoms with Crippen LogP contribution in [0, 0.1) is 6.92 Å². The largest absolute Gasteiger partial charge is 0.497 e. The fourth-order valence-corrected chi connectivity index (χ4v) is 3.02. The normalized spacial score (nSPS) is 10.4. The number of nitrogens with one attached hydrogen (secondary N) is 2. The maximum atomic E-state index is 12.2. The first-order valence-corrected chi connectivity index (χ1v) is 9.37. The van der Waals surface area contributed by atoms with Crippen LogP contribution in [0.2, 0.25) is 0 Å². The number of nitrogens with zero attached hydrogens (tertiary/aromatic N) is 2. The highest BCUT2D eigenvalue weighted by Gasteiger charge is 2.07. The quantitative estimate of drug-likeness (QED) is 0.615. The molecule has 152 valence electrons. The molecular weight excluding hydrogens is 368 g/mol. The number of aromatic nitrogens is 2. The molecule has 0 atom stereocenters. The maximum absolute atomic E-state index is 12.2. The second kappa shape index (κ2) is 9.64. The molecule has 2 aromatic carbocycles. The Morgan fingerprint density at radius 3 is 2.55 bits per heavy atom. The van der Waals surface area contributed by atoms with Gasteiger partial charge in [-0.3, -0.25) is 0 Å². The Kier molecular flexibility index (Phi) is 6.73. The second-order valence-electron chi connectivity index (χ2n) is 6.64. The molecule has 0 aliphatic heterocycles. The molecule has 0 aliphatic rings. The summed E-state index contributed by atoms with van der Waals surface area (Å²) in [6.45, 7) is 3.54. The van der Waals surface area contributed by atoms with E-state index >= 15 is 0 Å². The van der Waals surface area contributed by atoms with E-state index < -0.39 is 0 Å². The zero-order chi connectivity index (χ0) is 20.6. The van der Waals surface area contributed by atoms with Crippen LogP contribution in [0.25, 0.3) is 0 Å². The third-order valence-electron chi connectivity index (χ3n) is 4.65. The lowest BCUT2D eigenvalue weighted by atomic mass is 10.1. The van der Waals surface area contributed by atoms with Crippen LogP contribution in [0.3, 0.4) is 0 Å². The highest BCUT2D eigenvalue weighted by atomic mass is 16.5. The average molecular weight is 394 g/mol. The van der Waals surface area contributed by atoms with E-state index in [-0.39, 0.29) is 6.03 Å². The fourth-order valence-electron chi connectivity index (χ4n) is 3.02. The summed E-state index contributed by atoms with van der Waals surface area (Å²) < 4.78 is 12.6. The number of hydrogen-bond acceptors (Lipinski definition) is 4. The van der Waals surface area contributed by atoms with Gasteiger partial charge in [0.2, 0.25) is 0 Å². The number of methoxy groups -OCH3 is 2. The summed E-state index contributed by atoms with van der Waals surface area (Å²) in [6, 6.07) is 13.4. The number of aryl methyl sites for hydroxylation is 1. The molecule has 7 heteroatoms. The van der Waals surface area contributed by atoms with Gasteiger partial charge in [0.1, 0.15) is 17.3 Å². The first-order valence-electron chi connectivity index (χ1n) is 9.37. The summed E-state index contributed by atoms with van der Waals surface area (Å²) in [4.78, 5) is 16.4. The van der Waals surface area contributed by atoms with Gasteiger partial charge in [-0.2, -0.15) is 0 Å². The molecule has 2 amide bonds. The Morgan fingerprint density at radius 1 is 1.03 bits per heavy atom. The molecule has 29 heavy (non-hydrogen) atoms. The van der Waals surface area contributed by atoms with Gasteiger partial charge in [0.15, 0.2) is 0 Å². The molecule has 0 fully saturated rings. The van der Waals surface area contributed by atoms with Crippen molar-refractivity contribution in [2.45, 2.75) is 26.6 Å². The van der Waals surface area contributed by atoms with Gasteiger partial charge < -0.3 is 24.7 Å². The molecule has 0 aliphatic carbocycles. The van der Waals surface area contributed by atoms with Crippen molar-refractivity contribution in [2.75, 3.05) is 14.2 Å². The lowest BCUT2D eigenvalue weighted by Gasteiger charge is -2.12. The number of rotatable bonds is 8. The fraction of sp³-hybridized carbons (Fsp3) is 0.273. The number of benzene rings is 2. The van der Waals surface area contributed by atoms with Crippen molar-refractivity contribution in [3.63, 3.8) is 0 Å². The molecule has 0 bridgehead atoms. The maximum Gasteiger partial charge on any atom is 0.315 e. The minimum absolute atomic E-state index is 0.237. The zero-order valence-corrected chi connectivity index (χ0v) is 16.9. The minimum Gasteiger partial charge on any atom is -0.497 e. The predicted octanol–water partition coefficient (Wildman–Crippen LogP) is 3.26. The first kappa shape index (κ1) is 20.3. The van der Waals surface area contributed by atoms with E-state index in [1.807, 2.05) is 37.4 Å². The summed E-state index contributed by atoms with van der Waals surface area (Å²) in [5, 5.41) is 5.75. The molecule has 3 rings (SSSR count). The second-order valence-corrected chi connectivity index (χ2v) is 6.64. The van der Waals surface area contributed by atoms with Crippen molar-refractivity contribution >= 4 is 6.03 Å². The monoisotopic (exact) mass is 394 g/mol. The van der Waals surface area contributed by atoms with Crippen molar-refractivity contribution in [2.24, 2.45) is 0 Å². The van der Waals surface area contributed by atoms with Gasteiger partial charge in [0.05, 0.1) is 14.2 Å². The SMILES string of the molecule is COc1ccc(CNC(=O)NCc2cccc(Cn3ccnc3C)c2)c(OC)c1. The molecule has 2 N–H and O–H groups in total. The number of amides is 2. The molecule has 1 heterocycles. The van der Waals surface area contributed by atoms with E-state index in [4.69, 9.17) is 9.47 Å². The van der Waals surface area contributed by atoms with Crippen LogP contribution in [-0.2, 0) is 19.6 Å². The Labute approximate surface area is 170 Å². The molecule has 7 nitrogen and oxygen atoms in total. The lowest BCUT2D eigenvalue weighted by Crippen LogP contribution is -2.34. The van der Waals surface area contributed by atoms with Crippen molar-refractivity contribution in [3.8, 4) is 11.5 Å². The number of imidazole rings is 1. The Balaban J connectivity index is 1.52. The minimum atomic E-state index is -0.237. The Hall–Kier alpha value is -3.48. The van der Waals surface area contributed by atoms with E-state index in [1.54, 1.807) is 26.5 Å². The van der Waals surface area contributed by atoms with Gasteiger partial charge in [-0.15, -0.1) is 0 Å². The van der Waals surface area contributed by atoms with E-state index in [0.29, 0.717) is 24.6 Å². The number of urea groups is 1. The molecule has 0 unspecified atom stereocenters. The summed E-state index contributed by atoms with van der Waals surface area (Å²) in [5.74, 6) is 2.36. The summed E-state index contributed by atoms with van der Waals surface area (Å²) in [6.07, 6.45) is 3.75. The average Bonchev–Trinajstić information content (AvgIpc) is 3.15. The van der Waals surface area contributed by atoms with Crippen LogP contribution in [-0.4, -0.2) is 29.8 Å². The Morgan fingerprint density at radius 2 is 1.83 bits per heavy atom. The smallest absolute Gasteiger partial charge is 0.315 e. The van der Waals surface area contributed by atoms with Gasteiger partial charge in [-0.05, 0) is 30.2 Å². The van der Waals surface area contributed by atoms with Crippen LogP contribution in [0.5, 0.6) is 11.5 Å². The predicted molar refractivity (Wildman–Crippen MR) is 111 cm³/mol. The topological polar surface area (TPSA) is 77.4 Å². The van der Waals surface area contributed by atoms with Gasteiger partial charge in [0, 0.05) is 43.7 Å². The van der Waals surface area contributed by atoms with E-state index in [2.05, 4.69) is 32.3 Å². The summed E-state index contributed by atoms with van der Waals surface area (Å²) in [7, 11) is 3.20. The molecular formula is C22H26N4O3.